The van der Waals surface area contributed by atoms with E-state index in [2.05, 4.69) is 4.98 Å². The molecular formula is C21H20ClN3O2. The average Bonchev–Trinajstić information content (AvgIpc) is 3.37. The van der Waals surface area contributed by atoms with Crippen LogP contribution in [0.1, 0.15) is 48.3 Å². The summed E-state index contributed by atoms with van der Waals surface area (Å²) in [5.41, 5.74) is 1.92. The number of hydrogen-bond donors (Lipinski definition) is 1. The molecule has 0 spiro atoms. The molecule has 1 amide bonds. The number of rotatable bonds is 4. The molecule has 0 radical (unpaired) electrons. The molecule has 1 N–H and O–H groups in total. The lowest BCUT2D eigenvalue weighted by molar-refractivity contribution is -0.0224. The smallest absolute Gasteiger partial charge is 0.255 e. The summed E-state index contributed by atoms with van der Waals surface area (Å²) < 4.78 is 0. The molecule has 2 aromatic rings. The van der Waals surface area contributed by atoms with Gasteiger partial charge in [-0.05, 0) is 50.3 Å². The SMILES string of the molecule is CC(C)(O)C(C1CC1)N1Cc2cccc(-c3cc(Cl)cc(C#N)n3)c2C1=O. The van der Waals surface area contributed by atoms with Crippen LogP contribution in [-0.4, -0.2) is 32.5 Å². The zero-order valence-corrected chi connectivity index (χ0v) is 16.0. The fraction of sp³-hybridized carbons (Fsp3) is 0.381. The van der Waals surface area contributed by atoms with Gasteiger partial charge < -0.3 is 10.0 Å². The van der Waals surface area contributed by atoms with Crippen LogP contribution >= 0.6 is 11.6 Å². The number of aliphatic hydroxyl groups is 1. The summed E-state index contributed by atoms with van der Waals surface area (Å²) in [6, 6.07) is 10.6. The largest absolute Gasteiger partial charge is 0.388 e. The molecule has 1 fully saturated rings. The third kappa shape index (κ3) is 3.20. The Kier molecular flexibility index (Phi) is 4.21. The van der Waals surface area contributed by atoms with E-state index in [1.165, 1.54) is 6.07 Å². The van der Waals surface area contributed by atoms with Crippen LogP contribution in [0.5, 0.6) is 0 Å². The number of aromatic nitrogens is 1. The van der Waals surface area contributed by atoms with Crippen LogP contribution in [-0.2, 0) is 6.54 Å². The fourth-order valence-electron chi connectivity index (χ4n) is 4.14. The average molecular weight is 382 g/mol. The van der Waals surface area contributed by atoms with Crippen LogP contribution in [0, 0.1) is 17.2 Å². The first-order valence-electron chi connectivity index (χ1n) is 9.03. The van der Waals surface area contributed by atoms with Gasteiger partial charge in [0.15, 0.2) is 0 Å². The highest BCUT2D eigenvalue weighted by atomic mass is 35.5. The molecule has 5 nitrogen and oxygen atoms in total. The summed E-state index contributed by atoms with van der Waals surface area (Å²) in [4.78, 5) is 19.5. The summed E-state index contributed by atoms with van der Waals surface area (Å²) in [6.07, 6.45) is 2.06. The number of benzene rings is 1. The number of hydrogen-bond acceptors (Lipinski definition) is 4. The van der Waals surface area contributed by atoms with Crippen molar-refractivity contribution in [2.24, 2.45) is 5.92 Å². The number of halogens is 1. The van der Waals surface area contributed by atoms with E-state index in [0.29, 0.717) is 34.3 Å². The Bertz CT molecular complexity index is 970. The second-order valence-electron chi connectivity index (χ2n) is 7.88. The summed E-state index contributed by atoms with van der Waals surface area (Å²) in [5, 5.41) is 20.3. The topological polar surface area (TPSA) is 77.2 Å². The van der Waals surface area contributed by atoms with E-state index >= 15 is 0 Å². The molecule has 1 unspecified atom stereocenters. The van der Waals surface area contributed by atoms with Crippen LogP contribution in [0.2, 0.25) is 5.02 Å². The van der Waals surface area contributed by atoms with Crippen molar-refractivity contribution in [3.63, 3.8) is 0 Å². The quantitative estimate of drug-likeness (QED) is 0.874. The first-order chi connectivity index (χ1) is 12.8. The lowest BCUT2D eigenvalue weighted by Gasteiger charge is -2.37. The van der Waals surface area contributed by atoms with Gasteiger partial charge in [-0.3, -0.25) is 4.79 Å². The van der Waals surface area contributed by atoms with E-state index in [-0.39, 0.29) is 17.6 Å². The van der Waals surface area contributed by atoms with Crippen LogP contribution in [0.25, 0.3) is 11.3 Å². The van der Waals surface area contributed by atoms with Crippen molar-refractivity contribution in [1.29, 1.82) is 5.26 Å². The summed E-state index contributed by atoms with van der Waals surface area (Å²) in [5.74, 6) is 0.237. The van der Waals surface area contributed by atoms with Gasteiger partial charge in [0.25, 0.3) is 5.91 Å². The predicted octanol–water partition coefficient (Wildman–Crippen LogP) is 3.78. The number of amides is 1. The van der Waals surface area contributed by atoms with Crippen molar-refractivity contribution in [3.05, 3.63) is 52.2 Å². The Hall–Kier alpha value is -2.42. The zero-order chi connectivity index (χ0) is 19.3. The lowest BCUT2D eigenvalue weighted by atomic mass is 9.93. The molecule has 27 heavy (non-hydrogen) atoms. The van der Waals surface area contributed by atoms with E-state index in [4.69, 9.17) is 11.6 Å². The van der Waals surface area contributed by atoms with Crippen molar-refractivity contribution >= 4 is 17.5 Å². The highest BCUT2D eigenvalue weighted by molar-refractivity contribution is 6.31. The minimum absolute atomic E-state index is 0.0973. The molecule has 1 saturated carbocycles. The Labute approximate surface area is 163 Å². The van der Waals surface area contributed by atoms with Crippen molar-refractivity contribution in [2.75, 3.05) is 0 Å². The first kappa shape index (κ1) is 18.0. The number of fused-ring (bicyclic) bond motifs is 1. The van der Waals surface area contributed by atoms with Crippen molar-refractivity contribution in [1.82, 2.24) is 9.88 Å². The standard InChI is InChI=1S/C21H20ClN3O2/c1-21(2,27)19(12-6-7-12)25-11-13-4-3-5-16(18(13)20(25)26)17-9-14(22)8-15(10-23)24-17/h3-5,8-9,12,19,27H,6-7,11H2,1-2H3. The molecule has 2 aliphatic rings. The Balaban J connectivity index is 1.79. The maximum Gasteiger partial charge on any atom is 0.255 e. The van der Waals surface area contributed by atoms with Crippen LogP contribution < -0.4 is 0 Å². The monoisotopic (exact) mass is 381 g/mol. The summed E-state index contributed by atoms with van der Waals surface area (Å²) >= 11 is 6.14. The van der Waals surface area contributed by atoms with Crippen molar-refractivity contribution in [3.8, 4) is 17.3 Å². The molecule has 1 aromatic carbocycles. The van der Waals surface area contributed by atoms with Crippen LogP contribution in [0.3, 0.4) is 0 Å². The van der Waals surface area contributed by atoms with E-state index in [1.807, 2.05) is 24.3 Å². The van der Waals surface area contributed by atoms with Crippen LogP contribution in [0.4, 0.5) is 0 Å². The molecule has 1 aliphatic heterocycles. The molecule has 0 saturated heterocycles. The number of pyridine rings is 1. The van der Waals surface area contributed by atoms with Gasteiger partial charge in [-0.15, -0.1) is 0 Å². The molecular weight excluding hydrogens is 362 g/mol. The van der Waals surface area contributed by atoms with Gasteiger partial charge in [-0.2, -0.15) is 5.26 Å². The summed E-state index contributed by atoms with van der Waals surface area (Å²) in [7, 11) is 0. The molecule has 2 heterocycles. The maximum atomic E-state index is 13.3. The number of carbonyl (C=O) groups is 1. The minimum atomic E-state index is -0.971. The Morgan fingerprint density at radius 1 is 1.37 bits per heavy atom. The predicted molar refractivity (Wildman–Crippen MR) is 102 cm³/mol. The van der Waals surface area contributed by atoms with Gasteiger partial charge in [0.1, 0.15) is 11.8 Å². The maximum absolute atomic E-state index is 13.3. The molecule has 138 valence electrons. The van der Waals surface area contributed by atoms with Gasteiger partial charge in [-0.1, -0.05) is 29.8 Å². The molecule has 6 heteroatoms. The third-order valence-electron chi connectivity index (χ3n) is 5.27. The second-order valence-corrected chi connectivity index (χ2v) is 8.31. The van der Waals surface area contributed by atoms with E-state index < -0.39 is 5.60 Å². The van der Waals surface area contributed by atoms with Gasteiger partial charge >= 0.3 is 0 Å². The van der Waals surface area contributed by atoms with Crippen molar-refractivity contribution < 1.29 is 9.90 Å². The molecule has 0 bridgehead atoms. The summed E-state index contributed by atoms with van der Waals surface area (Å²) in [6.45, 7) is 4.01. The highest BCUT2D eigenvalue weighted by Gasteiger charge is 2.48. The molecule has 1 atom stereocenters. The van der Waals surface area contributed by atoms with Gasteiger partial charge in [0.05, 0.1) is 22.9 Å². The molecule has 1 aliphatic carbocycles. The molecule has 1 aromatic heterocycles. The zero-order valence-electron chi connectivity index (χ0n) is 15.2. The van der Waals surface area contributed by atoms with E-state index in [9.17, 15) is 15.2 Å². The van der Waals surface area contributed by atoms with Crippen molar-refractivity contribution in [2.45, 2.75) is 44.9 Å². The minimum Gasteiger partial charge on any atom is -0.388 e. The van der Waals surface area contributed by atoms with Gasteiger partial charge in [0, 0.05) is 17.1 Å². The third-order valence-corrected chi connectivity index (χ3v) is 5.49. The van der Waals surface area contributed by atoms with E-state index in [1.54, 1.807) is 24.8 Å². The second kappa shape index (κ2) is 6.33. The van der Waals surface area contributed by atoms with Crippen LogP contribution in [0.15, 0.2) is 30.3 Å². The Morgan fingerprint density at radius 3 is 2.74 bits per heavy atom. The highest BCUT2D eigenvalue weighted by Crippen LogP contribution is 2.44. The number of nitrogens with zero attached hydrogens (tertiary/aromatic N) is 3. The lowest BCUT2D eigenvalue weighted by Crippen LogP contribution is -2.51. The first-order valence-corrected chi connectivity index (χ1v) is 9.40. The Morgan fingerprint density at radius 2 is 2.11 bits per heavy atom. The fourth-order valence-corrected chi connectivity index (χ4v) is 4.35. The number of nitriles is 1. The van der Waals surface area contributed by atoms with Gasteiger partial charge in [0.2, 0.25) is 0 Å². The number of carbonyl (C=O) groups excluding carboxylic acids is 1. The van der Waals surface area contributed by atoms with Gasteiger partial charge in [-0.25, -0.2) is 4.98 Å². The normalized spacial score (nSPS) is 17.6. The molecule has 4 rings (SSSR count). The van der Waals surface area contributed by atoms with E-state index in [0.717, 1.165) is 18.4 Å².